The van der Waals surface area contributed by atoms with Crippen LogP contribution in [0.1, 0.15) is 38.0 Å². The van der Waals surface area contributed by atoms with Gasteiger partial charge in [-0.15, -0.1) is 0 Å². The van der Waals surface area contributed by atoms with Crippen LogP contribution in [0.3, 0.4) is 0 Å². The van der Waals surface area contributed by atoms with Gasteiger partial charge >= 0.3 is 0 Å². The van der Waals surface area contributed by atoms with Gasteiger partial charge in [-0.1, -0.05) is 12.1 Å². The van der Waals surface area contributed by atoms with E-state index in [4.69, 9.17) is 4.52 Å². The van der Waals surface area contributed by atoms with Gasteiger partial charge in [-0.25, -0.2) is 0 Å². The first-order chi connectivity index (χ1) is 9.60. The molecule has 1 aliphatic rings. The molecule has 114 valence electrons. The van der Waals surface area contributed by atoms with Gasteiger partial charge in [-0.3, -0.25) is 0 Å². The molecule has 6 nitrogen and oxygen atoms in total. The minimum atomic E-state index is 0.128. The molecule has 1 N–H and O–H groups in total. The van der Waals surface area contributed by atoms with Gasteiger partial charge in [0.2, 0.25) is 5.89 Å². The predicted molar refractivity (Wildman–Crippen MR) is 78.6 cm³/mol. The van der Waals surface area contributed by atoms with Crippen LogP contribution in [0.25, 0.3) is 0 Å². The Kier molecular flexibility index (Phi) is 5.51. The first-order valence-corrected chi connectivity index (χ1v) is 7.54. The van der Waals surface area contributed by atoms with E-state index in [1.54, 1.807) is 0 Å². The van der Waals surface area contributed by atoms with Crippen LogP contribution in [0.4, 0.5) is 0 Å². The van der Waals surface area contributed by atoms with Gasteiger partial charge in [0.05, 0.1) is 6.04 Å². The summed E-state index contributed by atoms with van der Waals surface area (Å²) in [7, 11) is 4.34. The SMILES string of the molecule is CCCNC(C)c1nc(CC2CN(C)CCN2C)no1. The van der Waals surface area contributed by atoms with Crippen LogP contribution in [0, 0.1) is 0 Å². The summed E-state index contributed by atoms with van der Waals surface area (Å²) >= 11 is 0. The quantitative estimate of drug-likeness (QED) is 0.837. The third-order valence-electron chi connectivity index (χ3n) is 3.95. The van der Waals surface area contributed by atoms with Crippen LogP contribution in [0.2, 0.25) is 0 Å². The number of likely N-dealkylation sites (N-methyl/N-ethyl adjacent to an activating group) is 2. The standard InChI is InChI=1S/C14H27N5O/c1-5-6-15-11(2)14-16-13(17-20-14)9-12-10-18(3)7-8-19(12)4/h11-12,15H,5-10H2,1-4H3. The van der Waals surface area contributed by atoms with Crippen molar-refractivity contribution in [2.75, 3.05) is 40.3 Å². The first-order valence-electron chi connectivity index (χ1n) is 7.54. The summed E-state index contributed by atoms with van der Waals surface area (Å²) in [5, 5.41) is 7.49. The average Bonchev–Trinajstić information content (AvgIpc) is 2.89. The summed E-state index contributed by atoms with van der Waals surface area (Å²) in [6, 6.07) is 0.598. The summed E-state index contributed by atoms with van der Waals surface area (Å²) in [4.78, 5) is 9.27. The Bertz CT molecular complexity index is 408. The first kappa shape index (κ1) is 15.4. The van der Waals surface area contributed by atoms with Crippen molar-refractivity contribution in [1.29, 1.82) is 0 Å². The zero-order chi connectivity index (χ0) is 14.5. The molecule has 2 rings (SSSR count). The number of aromatic nitrogens is 2. The van der Waals surface area contributed by atoms with E-state index in [0.717, 1.165) is 44.8 Å². The number of rotatable bonds is 6. The highest BCUT2D eigenvalue weighted by molar-refractivity contribution is 4.95. The Hall–Kier alpha value is -0.980. The van der Waals surface area contributed by atoms with E-state index in [9.17, 15) is 0 Å². The molecule has 1 aromatic heterocycles. The second-order valence-corrected chi connectivity index (χ2v) is 5.83. The largest absolute Gasteiger partial charge is 0.338 e. The van der Waals surface area contributed by atoms with Crippen molar-refractivity contribution < 1.29 is 4.52 Å². The molecule has 0 bridgehead atoms. The van der Waals surface area contributed by atoms with E-state index in [2.05, 4.69) is 53.2 Å². The Labute approximate surface area is 121 Å². The summed E-state index contributed by atoms with van der Waals surface area (Å²) < 4.78 is 5.37. The minimum Gasteiger partial charge on any atom is -0.338 e. The topological polar surface area (TPSA) is 57.4 Å². The Morgan fingerprint density at radius 1 is 1.40 bits per heavy atom. The molecule has 0 radical (unpaired) electrons. The van der Waals surface area contributed by atoms with Crippen molar-refractivity contribution in [3.8, 4) is 0 Å². The fraction of sp³-hybridized carbons (Fsp3) is 0.857. The molecule has 0 aliphatic carbocycles. The van der Waals surface area contributed by atoms with Gasteiger partial charge < -0.3 is 19.6 Å². The average molecular weight is 281 g/mol. The Balaban J connectivity index is 1.91. The Morgan fingerprint density at radius 3 is 2.95 bits per heavy atom. The van der Waals surface area contributed by atoms with E-state index >= 15 is 0 Å². The van der Waals surface area contributed by atoms with Gasteiger partial charge in [0.25, 0.3) is 0 Å². The summed E-state index contributed by atoms with van der Waals surface area (Å²) in [6.45, 7) is 8.46. The van der Waals surface area contributed by atoms with E-state index in [0.29, 0.717) is 11.9 Å². The van der Waals surface area contributed by atoms with E-state index in [-0.39, 0.29) is 6.04 Å². The molecule has 1 aromatic rings. The molecule has 1 saturated heterocycles. The molecule has 20 heavy (non-hydrogen) atoms. The molecule has 2 unspecified atom stereocenters. The van der Waals surface area contributed by atoms with Crippen molar-refractivity contribution in [2.45, 2.75) is 38.8 Å². The molecule has 1 aliphatic heterocycles. The van der Waals surface area contributed by atoms with Crippen LogP contribution in [-0.2, 0) is 6.42 Å². The molecule has 0 saturated carbocycles. The van der Waals surface area contributed by atoms with E-state index in [1.807, 2.05) is 0 Å². The number of hydrogen-bond acceptors (Lipinski definition) is 6. The van der Waals surface area contributed by atoms with Crippen LogP contribution >= 0.6 is 0 Å². The van der Waals surface area contributed by atoms with Crippen LogP contribution in [-0.4, -0.2) is 66.3 Å². The van der Waals surface area contributed by atoms with Crippen LogP contribution < -0.4 is 5.32 Å². The number of piperazine rings is 1. The fourth-order valence-corrected chi connectivity index (χ4v) is 2.51. The molecule has 0 amide bonds. The molecular weight excluding hydrogens is 254 g/mol. The summed E-state index contributed by atoms with van der Waals surface area (Å²) in [5.41, 5.74) is 0. The second kappa shape index (κ2) is 7.15. The van der Waals surface area contributed by atoms with Crippen molar-refractivity contribution in [3.05, 3.63) is 11.7 Å². The summed E-state index contributed by atoms with van der Waals surface area (Å²) in [5.74, 6) is 1.51. The zero-order valence-electron chi connectivity index (χ0n) is 13.1. The minimum absolute atomic E-state index is 0.128. The molecule has 2 heterocycles. The zero-order valence-corrected chi connectivity index (χ0v) is 13.1. The third-order valence-corrected chi connectivity index (χ3v) is 3.95. The molecule has 0 spiro atoms. The van der Waals surface area contributed by atoms with Crippen molar-refractivity contribution in [3.63, 3.8) is 0 Å². The maximum atomic E-state index is 5.37. The van der Waals surface area contributed by atoms with E-state index in [1.165, 1.54) is 0 Å². The number of hydrogen-bond donors (Lipinski definition) is 1. The molecule has 1 fully saturated rings. The molecular formula is C14H27N5O. The van der Waals surface area contributed by atoms with Crippen molar-refractivity contribution in [1.82, 2.24) is 25.3 Å². The molecule has 6 heteroatoms. The van der Waals surface area contributed by atoms with Gasteiger partial charge in [0.15, 0.2) is 5.82 Å². The third kappa shape index (κ3) is 4.01. The van der Waals surface area contributed by atoms with Crippen LogP contribution in [0.5, 0.6) is 0 Å². The van der Waals surface area contributed by atoms with Crippen molar-refractivity contribution in [2.24, 2.45) is 0 Å². The maximum absolute atomic E-state index is 5.37. The monoisotopic (exact) mass is 281 g/mol. The lowest BCUT2D eigenvalue weighted by Crippen LogP contribution is -2.50. The highest BCUT2D eigenvalue weighted by Crippen LogP contribution is 2.14. The smallest absolute Gasteiger partial charge is 0.243 e. The maximum Gasteiger partial charge on any atom is 0.243 e. The number of nitrogens with one attached hydrogen (secondary N) is 1. The van der Waals surface area contributed by atoms with Gasteiger partial charge in [0, 0.05) is 32.1 Å². The predicted octanol–water partition coefficient (Wildman–Crippen LogP) is 0.919. The molecule has 2 atom stereocenters. The Morgan fingerprint density at radius 2 is 2.20 bits per heavy atom. The van der Waals surface area contributed by atoms with Crippen LogP contribution in [0.15, 0.2) is 4.52 Å². The van der Waals surface area contributed by atoms with E-state index < -0.39 is 0 Å². The summed E-state index contributed by atoms with van der Waals surface area (Å²) in [6.07, 6.45) is 1.95. The van der Waals surface area contributed by atoms with Crippen molar-refractivity contribution >= 4 is 0 Å². The molecule has 0 aromatic carbocycles. The second-order valence-electron chi connectivity index (χ2n) is 5.83. The lowest BCUT2D eigenvalue weighted by molar-refractivity contribution is 0.113. The van der Waals surface area contributed by atoms with Gasteiger partial charge in [-0.2, -0.15) is 4.98 Å². The normalized spacial score (nSPS) is 23.1. The lowest BCUT2D eigenvalue weighted by Gasteiger charge is -2.37. The lowest BCUT2D eigenvalue weighted by atomic mass is 10.1. The highest BCUT2D eigenvalue weighted by Gasteiger charge is 2.24. The van der Waals surface area contributed by atoms with Gasteiger partial charge in [0.1, 0.15) is 0 Å². The number of nitrogens with zero attached hydrogens (tertiary/aromatic N) is 4. The van der Waals surface area contributed by atoms with Gasteiger partial charge in [-0.05, 0) is 34.0 Å². The highest BCUT2D eigenvalue weighted by atomic mass is 16.5. The fourth-order valence-electron chi connectivity index (χ4n) is 2.51.